The van der Waals surface area contributed by atoms with Gasteiger partial charge in [0, 0.05) is 18.7 Å². The van der Waals surface area contributed by atoms with E-state index >= 15 is 0 Å². The summed E-state index contributed by atoms with van der Waals surface area (Å²) in [4.78, 5) is 18.5. The first-order valence-electron chi connectivity index (χ1n) is 8.94. The van der Waals surface area contributed by atoms with E-state index in [0.29, 0.717) is 37.3 Å². The zero-order chi connectivity index (χ0) is 17.1. The number of ether oxygens (including phenoxy) is 1. The Balaban J connectivity index is 1.30. The predicted octanol–water partition coefficient (Wildman–Crippen LogP) is 3.05. The molecule has 1 saturated heterocycles. The predicted molar refractivity (Wildman–Crippen MR) is 92.8 cm³/mol. The van der Waals surface area contributed by atoms with Gasteiger partial charge in [-0.25, -0.2) is 9.78 Å². The van der Waals surface area contributed by atoms with Crippen LogP contribution in [0.4, 0.5) is 4.79 Å². The van der Waals surface area contributed by atoms with Crippen LogP contribution in [0.2, 0.25) is 0 Å². The SMILES string of the molecule is O=C(NCc1ncc(-c2ccccc2)o1)N1CCOC(C2CCC2)C1. The van der Waals surface area contributed by atoms with Gasteiger partial charge in [0.2, 0.25) is 5.89 Å². The number of nitrogens with zero attached hydrogens (tertiary/aromatic N) is 2. The number of carbonyl (C=O) groups is 1. The molecule has 0 radical (unpaired) electrons. The van der Waals surface area contributed by atoms with Crippen LogP contribution in [-0.2, 0) is 11.3 Å². The van der Waals surface area contributed by atoms with Crippen molar-refractivity contribution >= 4 is 6.03 Å². The van der Waals surface area contributed by atoms with Gasteiger partial charge in [0.15, 0.2) is 5.76 Å². The molecule has 6 nitrogen and oxygen atoms in total. The minimum atomic E-state index is -0.0768. The summed E-state index contributed by atoms with van der Waals surface area (Å²) in [5.41, 5.74) is 0.976. The first-order valence-corrected chi connectivity index (χ1v) is 8.94. The maximum Gasteiger partial charge on any atom is 0.318 e. The standard InChI is InChI=1S/C19H23N3O3/c23-19(22-9-10-24-17(13-22)15-7-4-8-15)21-12-18-20-11-16(25-18)14-5-2-1-3-6-14/h1-3,5-6,11,15,17H,4,7-10,12-13H2,(H,21,23). The monoisotopic (exact) mass is 341 g/mol. The Morgan fingerprint density at radius 1 is 1.28 bits per heavy atom. The van der Waals surface area contributed by atoms with E-state index in [4.69, 9.17) is 9.15 Å². The Morgan fingerprint density at radius 2 is 2.12 bits per heavy atom. The highest BCUT2D eigenvalue weighted by atomic mass is 16.5. The van der Waals surface area contributed by atoms with Crippen molar-refractivity contribution in [2.45, 2.75) is 31.9 Å². The summed E-state index contributed by atoms with van der Waals surface area (Å²) in [5.74, 6) is 1.84. The van der Waals surface area contributed by atoms with Crippen molar-refractivity contribution in [1.29, 1.82) is 0 Å². The lowest BCUT2D eigenvalue weighted by atomic mass is 9.80. The molecule has 2 aliphatic rings. The summed E-state index contributed by atoms with van der Waals surface area (Å²) < 4.78 is 11.5. The maximum atomic E-state index is 12.4. The molecule has 0 bridgehead atoms. The average Bonchev–Trinajstić information content (AvgIpc) is 3.08. The molecule has 132 valence electrons. The fourth-order valence-corrected chi connectivity index (χ4v) is 3.35. The van der Waals surface area contributed by atoms with Gasteiger partial charge >= 0.3 is 6.03 Å². The molecule has 4 rings (SSSR count). The number of hydrogen-bond donors (Lipinski definition) is 1. The topological polar surface area (TPSA) is 67.6 Å². The van der Waals surface area contributed by atoms with E-state index < -0.39 is 0 Å². The van der Waals surface area contributed by atoms with Crippen molar-refractivity contribution in [2.24, 2.45) is 5.92 Å². The number of nitrogens with one attached hydrogen (secondary N) is 1. The summed E-state index contributed by atoms with van der Waals surface area (Å²) in [5, 5.41) is 2.90. The van der Waals surface area contributed by atoms with Gasteiger partial charge in [0.1, 0.15) is 0 Å². The van der Waals surface area contributed by atoms with Crippen molar-refractivity contribution in [3.8, 4) is 11.3 Å². The first kappa shape index (κ1) is 16.1. The molecule has 2 fully saturated rings. The van der Waals surface area contributed by atoms with E-state index in [2.05, 4.69) is 10.3 Å². The molecule has 1 aromatic heterocycles. The molecule has 25 heavy (non-hydrogen) atoms. The molecular formula is C19H23N3O3. The fraction of sp³-hybridized carbons (Fsp3) is 0.474. The van der Waals surface area contributed by atoms with Crippen LogP contribution in [0.3, 0.4) is 0 Å². The molecule has 0 spiro atoms. The molecule has 2 heterocycles. The van der Waals surface area contributed by atoms with Crippen molar-refractivity contribution in [3.05, 3.63) is 42.4 Å². The van der Waals surface area contributed by atoms with Gasteiger partial charge in [-0.2, -0.15) is 0 Å². The molecule has 2 amide bonds. The summed E-state index contributed by atoms with van der Waals surface area (Å²) >= 11 is 0. The molecule has 1 saturated carbocycles. The van der Waals surface area contributed by atoms with Crippen molar-refractivity contribution in [3.63, 3.8) is 0 Å². The normalized spacial score (nSPS) is 21.0. The number of morpholine rings is 1. The van der Waals surface area contributed by atoms with E-state index in [9.17, 15) is 4.79 Å². The van der Waals surface area contributed by atoms with E-state index in [1.165, 1.54) is 19.3 Å². The molecule has 2 aromatic rings. The number of carbonyl (C=O) groups excluding carboxylic acids is 1. The highest BCUT2D eigenvalue weighted by molar-refractivity contribution is 5.74. The highest BCUT2D eigenvalue weighted by Gasteiger charge is 2.33. The molecule has 1 aliphatic heterocycles. The molecule has 6 heteroatoms. The highest BCUT2D eigenvalue weighted by Crippen LogP contribution is 2.32. The number of rotatable bonds is 4. The number of urea groups is 1. The van der Waals surface area contributed by atoms with E-state index in [1.54, 1.807) is 6.20 Å². The van der Waals surface area contributed by atoms with Gasteiger partial charge in [-0.3, -0.25) is 0 Å². The van der Waals surface area contributed by atoms with Gasteiger partial charge in [-0.1, -0.05) is 36.8 Å². The van der Waals surface area contributed by atoms with Crippen LogP contribution in [-0.4, -0.2) is 41.7 Å². The van der Waals surface area contributed by atoms with E-state index in [-0.39, 0.29) is 18.7 Å². The Morgan fingerprint density at radius 3 is 2.88 bits per heavy atom. The van der Waals surface area contributed by atoms with Crippen LogP contribution >= 0.6 is 0 Å². The quantitative estimate of drug-likeness (QED) is 0.928. The van der Waals surface area contributed by atoms with E-state index in [1.807, 2.05) is 35.2 Å². The zero-order valence-corrected chi connectivity index (χ0v) is 14.2. The Kier molecular flexibility index (Phi) is 4.70. The van der Waals surface area contributed by atoms with Gasteiger partial charge in [-0.15, -0.1) is 0 Å². The summed E-state index contributed by atoms with van der Waals surface area (Å²) in [7, 11) is 0. The number of oxazole rings is 1. The van der Waals surface area contributed by atoms with Crippen molar-refractivity contribution in [2.75, 3.05) is 19.7 Å². The third kappa shape index (κ3) is 3.69. The molecule has 1 aliphatic carbocycles. The molecule has 1 unspecified atom stereocenters. The van der Waals surface area contributed by atoms with Crippen LogP contribution in [0.15, 0.2) is 40.9 Å². The first-order chi connectivity index (χ1) is 12.3. The van der Waals surface area contributed by atoms with Crippen LogP contribution in [0, 0.1) is 5.92 Å². The van der Waals surface area contributed by atoms with Crippen LogP contribution in [0.25, 0.3) is 11.3 Å². The maximum absolute atomic E-state index is 12.4. The summed E-state index contributed by atoms with van der Waals surface area (Å²) in [6.07, 6.45) is 5.61. The Bertz CT molecular complexity index is 712. The van der Waals surface area contributed by atoms with Crippen LogP contribution in [0.5, 0.6) is 0 Å². The minimum absolute atomic E-state index is 0.0768. The number of amides is 2. The van der Waals surface area contributed by atoms with Gasteiger partial charge < -0.3 is 19.4 Å². The molecule has 1 aromatic carbocycles. The molecular weight excluding hydrogens is 318 g/mol. The third-order valence-electron chi connectivity index (χ3n) is 5.06. The number of benzene rings is 1. The zero-order valence-electron chi connectivity index (χ0n) is 14.2. The second kappa shape index (κ2) is 7.27. The Hall–Kier alpha value is -2.34. The second-order valence-electron chi connectivity index (χ2n) is 6.69. The number of aromatic nitrogens is 1. The van der Waals surface area contributed by atoms with Crippen molar-refractivity contribution < 1.29 is 13.9 Å². The minimum Gasteiger partial charge on any atom is -0.439 e. The Labute approximate surface area is 147 Å². The van der Waals surface area contributed by atoms with Gasteiger partial charge in [-0.05, 0) is 18.8 Å². The second-order valence-corrected chi connectivity index (χ2v) is 6.69. The third-order valence-corrected chi connectivity index (χ3v) is 5.06. The van der Waals surface area contributed by atoms with Gasteiger partial charge in [0.25, 0.3) is 0 Å². The lowest BCUT2D eigenvalue weighted by molar-refractivity contribution is -0.0628. The average molecular weight is 341 g/mol. The van der Waals surface area contributed by atoms with Crippen molar-refractivity contribution in [1.82, 2.24) is 15.2 Å². The molecule has 1 N–H and O–H groups in total. The molecule has 1 atom stereocenters. The largest absolute Gasteiger partial charge is 0.439 e. The number of hydrogen-bond acceptors (Lipinski definition) is 4. The van der Waals surface area contributed by atoms with Crippen LogP contribution in [0.1, 0.15) is 25.2 Å². The fourth-order valence-electron chi connectivity index (χ4n) is 3.35. The van der Waals surface area contributed by atoms with Crippen LogP contribution < -0.4 is 5.32 Å². The van der Waals surface area contributed by atoms with Gasteiger partial charge in [0.05, 0.1) is 25.5 Å². The van der Waals surface area contributed by atoms with E-state index in [0.717, 1.165) is 5.56 Å². The lowest BCUT2D eigenvalue weighted by Crippen LogP contribution is -2.52. The smallest absolute Gasteiger partial charge is 0.318 e. The summed E-state index contributed by atoms with van der Waals surface area (Å²) in [6, 6.07) is 9.73. The summed E-state index contributed by atoms with van der Waals surface area (Å²) in [6.45, 7) is 2.22. The lowest BCUT2D eigenvalue weighted by Gasteiger charge is -2.40.